The maximum Gasteiger partial charge on any atom is 0.335 e. The minimum atomic E-state index is -0.901. The predicted molar refractivity (Wildman–Crippen MR) is 117 cm³/mol. The Labute approximate surface area is 177 Å². The Bertz CT molecular complexity index is 921. The van der Waals surface area contributed by atoms with Crippen LogP contribution in [0.2, 0.25) is 0 Å². The molecule has 0 amide bonds. The number of hydrogen-bond acceptors (Lipinski definition) is 4. The van der Waals surface area contributed by atoms with E-state index in [2.05, 4.69) is 35.9 Å². The molecule has 1 N–H and O–H groups in total. The van der Waals surface area contributed by atoms with Crippen molar-refractivity contribution in [1.29, 1.82) is 0 Å². The first-order chi connectivity index (χ1) is 14.6. The lowest BCUT2D eigenvalue weighted by Gasteiger charge is -2.23. The van der Waals surface area contributed by atoms with Crippen LogP contribution < -0.4 is 4.74 Å². The molecule has 3 rings (SSSR count). The lowest BCUT2D eigenvalue weighted by atomic mass is 9.81. The smallest absolute Gasteiger partial charge is 0.335 e. The Morgan fingerprint density at radius 2 is 1.50 bits per heavy atom. The molecule has 0 radical (unpaired) electrons. The SMILES string of the molecule is CCC(CC)CC(c1ccc(OCc2ncccn2)cc1)c1ccc(C(=O)O)cc1. The number of nitrogens with zero attached hydrogens (tertiary/aromatic N) is 2. The zero-order valence-corrected chi connectivity index (χ0v) is 17.5. The molecule has 1 atom stereocenters. The third-order valence-electron chi connectivity index (χ3n) is 5.55. The van der Waals surface area contributed by atoms with Gasteiger partial charge in [0.1, 0.15) is 12.4 Å². The maximum atomic E-state index is 11.2. The highest BCUT2D eigenvalue weighted by Crippen LogP contribution is 2.34. The van der Waals surface area contributed by atoms with Crippen molar-refractivity contribution in [2.45, 2.75) is 45.6 Å². The Morgan fingerprint density at radius 3 is 2.03 bits per heavy atom. The van der Waals surface area contributed by atoms with Crippen molar-refractivity contribution >= 4 is 5.97 Å². The largest absolute Gasteiger partial charge is 0.486 e. The highest BCUT2D eigenvalue weighted by atomic mass is 16.5. The van der Waals surface area contributed by atoms with Crippen molar-refractivity contribution < 1.29 is 14.6 Å². The molecule has 1 unspecified atom stereocenters. The maximum absolute atomic E-state index is 11.2. The van der Waals surface area contributed by atoms with Gasteiger partial charge in [-0.2, -0.15) is 0 Å². The lowest BCUT2D eigenvalue weighted by Crippen LogP contribution is -2.09. The summed E-state index contributed by atoms with van der Waals surface area (Å²) in [5.41, 5.74) is 2.65. The summed E-state index contributed by atoms with van der Waals surface area (Å²) in [4.78, 5) is 19.5. The van der Waals surface area contributed by atoms with Gasteiger partial charge >= 0.3 is 5.97 Å². The van der Waals surface area contributed by atoms with Crippen LogP contribution in [0, 0.1) is 5.92 Å². The first-order valence-electron chi connectivity index (χ1n) is 10.4. The number of carboxylic acids is 1. The summed E-state index contributed by atoms with van der Waals surface area (Å²) in [6.07, 6.45) is 6.67. The van der Waals surface area contributed by atoms with Gasteiger partial charge in [0, 0.05) is 18.3 Å². The van der Waals surface area contributed by atoms with Gasteiger partial charge in [0.15, 0.2) is 5.82 Å². The predicted octanol–water partition coefficient (Wildman–Crippen LogP) is 5.71. The van der Waals surface area contributed by atoms with E-state index in [9.17, 15) is 9.90 Å². The summed E-state index contributed by atoms with van der Waals surface area (Å²) in [7, 11) is 0. The second-order valence-corrected chi connectivity index (χ2v) is 7.42. The molecule has 1 aromatic heterocycles. The molecule has 0 saturated heterocycles. The fourth-order valence-electron chi connectivity index (χ4n) is 3.63. The zero-order chi connectivity index (χ0) is 21.3. The molecule has 0 spiro atoms. The van der Waals surface area contributed by atoms with Crippen molar-refractivity contribution in [2.75, 3.05) is 0 Å². The Hall–Kier alpha value is -3.21. The lowest BCUT2D eigenvalue weighted by molar-refractivity contribution is 0.0697. The summed E-state index contributed by atoms with van der Waals surface area (Å²) in [6, 6.07) is 17.2. The van der Waals surface area contributed by atoms with Crippen molar-refractivity contribution in [3.05, 3.63) is 89.5 Å². The molecule has 2 aromatic carbocycles. The van der Waals surface area contributed by atoms with Gasteiger partial charge in [-0.15, -0.1) is 0 Å². The summed E-state index contributed by atoms with van der Waals surface area (Å²) in [6.45, 7) is 4.77. The molecule has 5 nitrogen and oxygen atoms in total. The number of ether oxygens (including phenoxy) is 1. The second-order valence-electron chi connectivity index (χ2n) is 7.42. The minimum Gasteiger partial charge on any atom is -0.486 e. The van der Waals surface area contributed by atoms with Crippen LogP contribution in [0.3, 0.4) is 0 Å². The highest BCUT2D eigenvalue weighted by molar-refractivity contribution is 5.87. The van der Waals surface area contributed by atoms with Gasteiger partial charge in [-0.25, -0.2) is 14.8 Å². The monoisotopic (exact) mass is 404 g/mol. The molecule has 0 aliphatic rings. The molecule has 0 saturated carbocycles. The first-order valence-corrected chi connectivity index (χ1v) is 10.4. The molecular weight excluding hydrogens is 376 g/mol. The summed E-state index contributed by atoms with van der Waals surface area (Å²) in [5, 5.41) is 9.19. The first kappa shape index (κ1) is 21.5. The number of benzene rings is 2. The van der Waals surface area contributed by atoms with Crippen LogP contribution in [0.25, 0.3) is 0 Å². The van der Waals surface area contributed by atoms with E-state index in [1.54, 1.807) is 30.6 Å². The van der Waals surface area contributed by atoms with E-state index >= 15 is 0 Å². The normalized spacial score (nSPS) is 12.0. The molecule has 0 fully saturated rings. The second kappa shape index (κ2) is 10.5. The molecule has 1 heterocycles. The van der Waals surface area contributed by atoms with Crippen molar-refractivity contribution in [3.63, 3.8) is 0 Å². The van der Waals surface area contributed by atoms with Gasteiger partial charge in [-0.05, 0) is 53.8 Å². The van der Waals surface area contributed by atoms with Gasteiger partial charge in [0.2, 0.25) is 0 Å². The highest BCUT2D eigenvalue weighted by Gasteiger charge is 2.19. The van der Waals surface area contributed by atoms with Crippen LogP contribution in [0.1, 0.15) is 66.3 Å². The van der Waals surface area contributed by atoms with Gasteiger partial charge in [0.05, 0.1) is 5.56 Å². The molecular formula is C25H28N2O3. The van der Waals surface area contributed by atoms with Gasteiger partial charge in [-0.3, -0.25) is 0 Å². The average molecular weight is 405 g/mol. The number of carbonyl (C=O) groups is 1. The van der Waals surface area contributed by atoms with Crippen LogP contribution in [-0.4, -0.2) is 21.0 Å². The van der Waals surface area contributed by atoms with Crippen LogP contribution in [0.5, 0.6) is 5.75 Å². The minimum absolute atomic E-state index is 0.212. The summed E-state index contributed by atoms with van der Waals surface area (Å²) >= 11 is 0. The van der Waals surface area contributed by atoms with Crippen molar-refractivity contribution in [2.24, 2.45) is 5.92 Å². The van der Waals surface area contributed by atoms with E-state index < -0.39 is 5.97 Å². The Balaban J connectivity index is 1.79. The molecule has 156 valence electrons. The Kier molecular flexibility index (Phi) is 7.55. The fourth-order valence-corrected chi connectivity index (χ4v) is 3.63. The van der Waals surface area contributed by atoms with E-state index in [0.29, 0.717) is 23.9 Å². The third-order valence-corrected chi connectivity index (χ3v) is 5.55. The topological polar surface area (TPSA) is 72.3 Å². The molecule has 3 aromatic rings. The van der Waals surface area contributed by atoms with Crippen molar-refractivity contribution in [1.82, 2.24) is 9.97 Å². The van der Waals surface area contributed by atoms with E-state index in [1.165, 1.54) is 5.56 Å². The molecule has 0 aliphatic heterocycles. The zero-order valence-electron chi connectivity index (χ0n) is 17.5. The molecule has 0 aliphatic carbocycles. The number of aromatic nitrogens is 2. The van der Waals surface area contributed by atoms with E-state index in [0.717, 1.165) is 30.6 Å². The fraction of sp³-hybridized carbons (Fsp3) is 0.320. The number of carboxylic acid groups (broad SMARTS) is 1. The number of hydrogen-bond donors (Lipinski definition) is 1. The third kappa shape index (κ3) is 5.66. The molecule has 0 bridgehead atoms. The van der Waals surface area contributed by atoms with E-state index in [4.69, 9.17) is 4.74 Å². The van der Waals surface area contributed by atoms with Crippen LogP contribution in [0.15, 0.2) is 67.0 Å². The summed E-state index contributed by atoms with van der Waals surface area (Å²) < 4.78 is 5.81. The molecule has 30 heavy (non-hydrogen) atoms. The van der Waals surface area contributed by atoms with Crippen LogP contribution in [0.4, 0.5) is 0 Å². The van der Waals surface area contributed by atoms with Crippen LogP contribution >= 0.6 is 0 Å². The summed E-state index contributed by atoms with van der Waals surface area (Å²) in [5.74, 6) is 1.34. The van der Waals surface area contributed by atoms with Gasteiger partial charge < -0.3 is 9.84 Å². The average Bonchev–Trinajstić information content (AvgIpc) is 2.80. The van der Waals surface area contributed by atoms with E-state index in [-0.39, 0.29) is 5.92 Å². The van der Waals surface area contributed by atoms with Crippen LogP contribution in [-0.2, 0) is 6.61 Å². The van der Waals surface area contributed by atoms with Gasteiger partial charge in [-0.1, -0.05) is 51.0 Å². The van der Waals surface area contributed by atoms with Gasteiger partial charge in [0.25, 0.3) is 0 Å². The quantitative estimate of drug-likeness (QED) is 0.468. The number of rotatable bonds is 10. The number of aromatic carboxylic acids is 1. The van der Waals surface area contributed by atoms with E-state index in [1.807, 2.05) is 24.3 Å². The standard InChI is InChI=1S/C25H28N2O3/c1-3-18(4-2)16-23(19-6-8-21(9-7-19)25(28)29)20-10-12-22(13-11-20)30-17-24-26-14-5-15-27-24/h5-15,18,23H,3-4,16-17H2,1-2H3,(H,28,29). The molecule has 5 heteroatoms. The Morgan fingerprint density at radius 1 is 0.933 bits per heavy atom. The van der Waals surface area contributed by atoms with Crippen molar-refractivity contribution in [3.8, 4) is 5.75 Å².